The molecule has 1 aromatic carbocycles. The Morgan fingerprint density at radius 2 is 2.05 bits per heavy atom. The molecule has 0 bridgehead atoms. The molecule has 6 heteroatoms. The number of nitrogens with zero attached hydrogens (tertiary/aromatic N) is 2. The van der Waals surface area contributed by atoms with Gasteiger partial charge < -0.3 is 5.11 Å². The number of carboxylic acids is 1. The van der Waals surface area contributed by atoms with Crippen LogP contribution >= 0.6 is 27.5 Å². The molecule has 4 nitrogen and oxygen atoms in total. The summed E-state index contributed by atoms with van der Waals surface area (Å²) in [6.45, 7) is 5.56. The van der Waals surface area contributed by atoms with Crippen molar-refractivity contribution in [1.82, 2.24) is 9.80 Å². The van der Waals surface area contributed by atoms with Crippen molar-refractivity contribution in [2.45, 2.75) is 13.0 Å². The lowest BCUT2D eigenvalue weighted by Crippen LogP contribution is -2.48. The van der Waals surface area contributed by atoms with Crippen LogP contribution in [0, 0.1) is 0 Å². The third-order valence-electron chi connectivity index (χ3n) is 3.73. The smallest absolute Gasteiger partial charge is 0.317 e. The van der Waals surface area contributed by atoms with E-state index in [2.05, 4.69) is 27.8 Å². The lowest BCUT2D eigenvalue weighted by atomic mass is 10.1. The molecule has 0 spiro atoms. The van der Waals surface area contributed by atoms with E-state index in [-0.39, 0.29) is 12.6 Å². The predicted molar refractivity (Wildman–Crippen MR) is 83.2 cm³/mol. The van der Waals surface area contributed by atoms with Crippen LogP contribution in [0.15, 0.2) is 22.7 Å². The summed E-state index contributed by atoms with van der Waals surface area (Å²) in [6, 6.07) is 6.19. The maximum Gasteiger partial charge on any atom is 0.317 e. The van der Waals surface area contributed by atoms with Gasteiger partial charge in [-0.1, -0.05) is 33.6 Å². The summed E-state index contributed by atoms with van der Waals surface area (Å²) in [4.78, 5) is 15.0. The summed E-state index contributed by atoms with van der Waals surface area (Å²) in [5.41, 5.74) is 1.11. The SMILES string of the molecule is CC(c1ccc(Br)cc1Cl)N1CCN(CC(=O)O)CC1. The number of halogens is 2. The quantitative estimate of drug-likeness (QED) is 0.895. The van der Waals surface area contributed by atoms with E-state index in [1.807, 2.05) is 23.1 Å². The van der Waals surface area contributed by atoms with Crippen molar-refractivity contribution >= 4 is 33.5 Å². The maximum atomic E-state index is 10.7. The lowest BCUT2D eigenvalue weighted by molar-refractivity contribution is -0.138. The molecule has 1 aliphatic rings. The standard InChI is InChI=1S/C14H18BrClN2O2/c1-10(12-3-2-11(15)8-13(12)16)18-6-4-17(5-7-18)9-14(19)20/h2-3,8,10H,4-7,9H2,1H3,(H,19,20). The van der Waals surface area contributed by atoms with Crippen LogP contribution in [0.4, 0.5) is 0 Å². The fraction of sp³-hybridized carbons (Fsp3) is 0.500. The minimum Gasteiger partial charge on any atom is -0.480 e. The first kappa shape index (κ1) is 15.8. The molecule has 110 valence electrons. The molecule has 1 fully saturated rings. The second kappa shape index (κ2) is 6.89. The van der Waals surface area contributed by atoms with Gasteiger partial charge in [0, 0.05) is 41.7 Å². The Bertz CT molecular complexity index is 490. The molecule has 1 N–H and O–H groups in total. The highest BCUT2D eigenvalue weighted by molar-refractivity contribution is 9.10. The second-order valence-corrected chi connectivity index (χ2v) is 6.37. The first-order valence-corrected chi connectivity index (χ1v) is 7.77. The fourth-order valence-electron chi connectivity index (χ4n) is 2.54. The molecule has 20 heavy (non-hydrogen) atoms. The van der Waals surface area contributed by atoms with Gasteiger partial charge in [0.2, 0.25) is 0 Å². The van der Waals surface area contributed by atoms with Gasteiger partial charge in [0.25, 0.3) is 0 Å². The van der Waals surface area contributed by atoms with Crippen LogP contribution in [0.5, 0.6) is 0 Å². The number of hydrogen-bond acceptors (Lipinski definition) is 3. The number of aliphatic carboxylic acids is 1. The number of piperazine rings is 1. The van der Waals surface area contributed by atoms with Crippen molar-refractivity contribution in [3.63, 3.8) is 0 Å². The van der Waals surface area contributed by atoms with Gasteiger partial charge in [0.1, 0.15) is 0 Å². The Balaban J connectivity index is 1.97. The Labute approximate surface area is 132 Å². The van der Waals surface area contributed by atoms with E-state index in [1.165, 1.54) is 0 Å². The minimum absolute atomic E-state index is 0.126. The molecule has 1 aliphatic heterocycles. The zero-order valence-electron chi connectivity index (χ0n) is 11.4. The third-order valence-corrected chi connectivity index (χ3v) is 4.55. The summed E-state index contributed by atoms with van der Waals surface area (Å²) in [6.07, 6.45) is 0. The minimum atomic E-state index is -0.762. The van der Waals surface area contributed by atoms with Gasteiger partial charge in [-0.25, -0.2) is 0 Å². The third kappa shape index (κ3) is 3.95. The monoisotopic (exact) mass is 360 g/mol. The van der Waals surface area contributed by atoms with Crippen LogP contribution in [0.25, 0.3) is 0 Å². The summed E-state index contributed by atoms with van der Waals surface area (Å²) < 4.78 is 0.977. The highest BCUT2D eigenvalue weighted by Crippen LogP contribution is 2.30. The number of hydrogen-bond donors (Lipinski definition) is 1. The molecule has 0 amide bonds. The van der Waals surface area contributed by atoms with E-state index < -0.39 is 5.97 Å². The molecular weight excluding hydrogens is 344 g/mol. The zero-order chi connectivity index (χ0) is 14.7. The molecule has 1 saturated heterocycles. The highest BCUT2D eigenvalue weighted by Gasteiger charge is 2.24. The van der Waals surface area contributed by atoms with Crippen LogP contribution in [-0.2, 0) is 4.79 Å². The number of rotatable bonds is 4. The molecule has 0 saturated carbocycles. The van der Waals surface area contributed by atoms with Gasteiger partial charge >= 0.3 is 5.97 Å². The van der Waals surface area contributed by atoms with Crippen molar-refractivity contribution < 1.29 is 9.90 Å². The van der Waals surface area contributed by atoms with Gasteiger partial charge in [0.05, 0.1) is 6.54 Å². The van der Waals surface area contributed by atoms with Crippen LogP contribution < -0.4 is 0 Å². The van der Waals surface area contributed by atoms with Gasteiger partial charge in [-0.3, -0.25) is 14.6 Å². The Morgan fingerprint density at radius 3 is 2.60 bits per heavy atom. The van der Waals surface area contributed by atoms with E-state index in [9.17, 15) is 4.79 Å². The molecule has 1 atom stereocenters. The average molecular weight is 362 g/mol. The normalized spacial score (nSPS) is 18.9. The number of benzene rings is 1. The van der Waals surface area contributed by atoms with Crippen molar-refractivity contribution in [3.8, 4) is 0 Å². The van der Waals surface area contributed by atoms with Crippen molar-refractivity contribution in [1.29, 1.82) is 0 Å². The zero-order valence-corrected chi connectivity index (χ0v) is 13.7. The van der Waals surface area contributed by atoms with Crippen molar-refractivity contribution in [2.24, 2.45) is 0 Å². The largest absolute Gasteiger partial charge is 0.480 e. The van der Waals surface area contributed by atoms with Crippen molar-refractivity contribution in [2.75, 3.05) is 32.7 Å². The molecule has 0 radical (unpaired) electrons. The van der Waals surface area contributed by atoms with Crippen LogP contribution in [0.3, 0.4) is 0 Å². The Kier molecular flexibility index (Phi) is 5.43. The lowest BCUT2D eigenvalue weighted by Gasteiger charge is -2.37. The van der Waals surface area contributed by atoms with Crippen LogP contribution in [0.1, 0.15) is 18.5 Å². The first-order valence-electron chi connectivity index (χ1n) is 6.60. The molecule has 0 aliphatic carbocycles. The summed E-state index contributed by atoms with van der Waals surface area (Å²) in [5.74, 6) is -0.762. The molecule has 0 aromatic heterocycles. The number of carbonyl (C=O) groups is 1. The first-order chi connectivity index (χ1) is 9.47. The highest BCUT2D eigenvalue weighted by atomic mass is 79.9. The Morgan fingerprint density at radius 1 is 1.40 bits per heavy atom. The van der Waals surface area contributed by atoms with E-state index in [0.29, 0.717) is 0 Å². The number of carboxylic acid groups (broad SMARTS) is 1. The molecule has 1 unspecified atom stereocenters. The molecule has 1 aromatic rings. The Hall–Kier alpha value is -0.620. The van der Waals surface area contributed by atoms with E-state index in [1.54, 1.807) is 0 Å². The maximum absolute atomic E-state index is 10.7. The van der Waals surface area contributed by atoms with Gasteiger partial charge in [-0.05, 0) is 24.6 Å². The van der Waals surface area contributed by atoms with E-state index in [4.69, 9.17) is 16.7 Å². The summed E-state index contributed by atoms with van der Waals surface area (Å²) in [7, 11) is 0. The van der Waals surface area contributed by atoms with Crippen molar-refractivity contribution in [3.05, 3.63) is 33.3 Å². The second-order valence-electron chi connectivity index (χ2n) is 5.05. The predicted octanol–water partition coefficient (Wildman–Crippen LogP) is 2.87. The van der Waals surface area contributed by atoms with Crippen LogP contribution in [0.2, 0.25) is 5.02 Å². The molecule has 1 heterocycles. The van der Waals surface area contributed by atoms with Gasteiger partial charge in [-0.15, -0.1) is 0 Å². The average Bonchev–Trinajstić information content (AvgIpc) is 2.38. The molecule has 2 rings (SSSR count). The van der Waals surface area contributed by atoms with Gasteiger partial charge in [-0.2, -0.15) is 0 Å². The van der Waals surface area contributed by atoms with Gasteiger partial charge in [0.15, 0.2) is 0 Å². The van der Waals surface area contributed by atoms with E-state index >= 15 is 0 Å². The summed E-state index contributed by atoms with van der Waals surface area (Å²) >= 11 is 9.71. The topological polar surface area (TPSA) is 43.8 Å². The summed E-state index contributed by atoms with van der Waals surface area (Å²) in [5, 5.41) is 9.57. The van der Waals surface area contributed by atoms with E-state index in [0.717, 1.165) is 41.2 Å². The van der Waals surface area contributed by atoms with Crippen LogP contribution in [-0.4, -0.2) is 53.6 Å². The molecular formula is C14H18BrClN2O2. The fourth-order valence-corrected chi connectivity index (χ4v) is 3.37.